The van der Waals surface area contributed by atoms with Crippen molar-refractivity contribution in [3.8, 4) is 0 Å². The summed E-state index contributed by atoms with van der Waals surface area (Å²) in [7, 11) is 0. The SMILES string of the molecule is CC(N)(C(=O)Nc1cn[nH]c1)c1ccccc1. The lowest BCUT2D eigenvalue weighted by Crippen LogP contribution is -2.45. The number of nitrogens with zero attached hydrogens (tertiary/aromatic N) is 1. The van der Waals surface area contributed by atoms with Gasteiger partial charge in [-0.2, -0.15) is 5.10 Å². The number of benzene rings is 1. The highest BCUT2D eigenvalue weighted by atomic mass is 16.2. The molecule has 0 spiro atoms. The van der Waals surface area contributed by atoms with Crippen molar-refractivity contribution in [1.29, 1.82) is 0 Å². The van der Waals surface area contributed by atoms with Gasteiger partial charge in [-0.25, -0.2) is 0 Å². The number of aromatic amines is 1. The van der Waals surface area contributed by atoms with Crippen molar-refractivity contribution in [2.45, 2.75) is 12.5 Å². The fraction of sp³-hybridized carbons (Fsp3) is 0.167. The number of aromatic nitrogens is 2. The van der Waals surface area contributed by atoms with E-state index in [2.05, 4.69) is 15.5 Å². The van der Waals surface area contributed by atoms with E-state index in [0.717, 1.165) is 5.56 Å². The Hall–Kier alpha value is -2.14. The number of amides is 1. The lowest BCUT2D eigenvalue weighted by atomic mass is 9.92. The quantitative estimate of drug-likeness (QED) is 0.741. The van der Waals surface area contributed by atoms with E-state index < -0.39 is 5.54 Å². The third-order valence-corrected chi connectivity index (χ3v) is 2.60. The fourth-order valence-corrected chi connectivity index (χ4v) is 1.50. The van der Waals surface area contributed by atoms with Crippen molar-refractivity contribution in [3.05, 3.63) is 48.3 Å². The van der Waals surface area contributed by atoms with Gasteiger partial charge in [-0.1, -0.05) is 30.3 Å². The van der Waals surface area contributed by atoms with Crippen molar-refractivity contribution < 1.29 is 4.79 Å². The Morgan fingerprint density at radius 3 is 2.71 bits per heavy atom. The van der Waals surface area contributed by atoms with Gasteiger partial charge in [-0.05, 0) is 12.5 Å². The Kier molecular flexibility index (Phi) is 2.93. The number of hydrogen-bond donors (Lipinski definition) is 3. The maximum Gasteiger partial charge on any atom is 0.248 e. The maximum atomic E-state index is 12.1. The molecule has 88 valence electrons. The van der Waals surface area contributed by atoms with Gasteiger partial charge in [0.2, 0.25) is 5.91 Å². The number of carbonyl (C=O) groups is 1. The van der Waals surface area contributed by atoms with Crippen LogP contribution in [0.15, 0.2) is 42.7 Å². The number of nitrogens with two attached hydrogens (primary N) is 1. The summed E-state index contributed by atoms with van der Waals surface area (Å²) in [6, 6.07) is 9.24. The Labute approximate surface area is 99.0 Å². The minimum atomic E-state index is -1.07. The molecule has 0 fully saturated rings. The Bertz CT molecular complexity index is 490. The van der Waals surface area contributed by atoms with E-state index in [0.29, 0.717) is 5.69 Å². The number of H-pyrrole nitrogens is 1. The molecule has 1 aromatic carbocycles. The molecule has 0 aliphatic rings. The first-order valence-electron chi connectivity index (χ1n) is 5.25. The third kappa shape index (κ3) is 2.34. The van der Waals surface area contributed by atoms with Crippen LogP contribution in [0.3, 0.4) is 0 Å². The summed E-state index contributed by atoms with van der Waals surface area (Å²) in [6.07, 6.45) is 3.12. The second-order valence-electron chi connectivity index (χ2n) is 4.01. The summed E-state index contributed by atoms with van der Waals surface area (Å²) < 4.78 is 0. The average Bonchev–Trinajstić information content (AvgIpc) is 2.83. The summed E-state index contributed by atoms with van der Waals surface area (Å²) in [4.78, 5) is 12.1. The average molecular weight is 230 g/mol. The van der Waals surface area contributed by atoms with E-state index in [1.807, 2.05) is 30.3 Å². The molecule has 1 atom stereocenters. The number of rotatable bonds is 3. The van der Waals surface area contributed by atoms with Gasteiger partial charge in [0.25, 0.3) is 0 Å². The van der Waals surface area contributed by atoms with Gasteiger partial charge in [-0.15, -0.1) is 0 Å². The maximum absolute atomic E-state index is 12.1. The van der Waals surface area contributed by atoms with Crippen LogP contribution in [0.25, 0.3) is 0 Å². The first-order valence-corrected chi connectivity index (χ1v) is 5.25. The van der Waals surface area contributed by atoms with E-state index in [9.17, 15) is 4.79 Å². The van der Waals surface area contributed by atoms with Crippen LogP contribution in [0.1, 0.15) is 12.5 Å². The number of nitrogens with one attached hydrogen (secondary N) is 2. The molecule has 2 aromatic rings. The molecule has 0 radical (unpaired) electrons. The summed E-state index contributed by atoms with van der Waals surface area (Å²) in [5.74, 6) is -0.273. The minimum absolute atomic E-state index is 0.273. The van der Waals surface area contributed by atoms with Gasteiger partial charge in [-0.3, -0.25) is 9.89 Å². The molecule has 5 nitrogen and oxygen atoms in total. The Morgan fingerprint density at radius 2 is 2.12 bits per heavy atom. The Balaban J connectivity index is 2.18. The molecule has 0 aliphatic carbocycles. The van der Waals surface area contributed by atoms with Crippen molar-refractivity contribution in [3.63, 3.8) is 0 Å². The first-order chi connectivity index (χ1) is 8.10. The fourth-order valence-electron chi connectivity index (χ4n) is 1.50. The monoisotopic (exact) mass is 230 g/mol. The van der Waals surface area contributed by atoms with Crippen molar-refractivity contribution in [1.82, 2.24) is 10.2 Å². The van der Waals surface area contributed by atoms with Crippen LogP contribution in [0.4, 0.5) is 5.69 Å². The highest BCUT2D eigenvalue weighted by Crippen LogP contribution is 2.19. The van der Waals surface area contributed by atoms with E-state index in [1.54, 1.807) is 13.1 Å². The van der Waals surface area contributed by atoms with Crippen LogP contribution in [0, 0.1) is 0 Å². The summed E-state index contributed by atoms with van der Waals surface area (Å²) >= 11 is 0. The van der Waals surface area contributed by atoms with Crippen molar-refractivity contribution in [2.75, 3.05) is 5.32 Å². The number of carbonyl (C=O) groups excluding carboxylic acids is 1. The summed E-state index contributed by atoms with van der Waals surface area (Å²) in [5, 5.41) is 9.07. The van der Waals surface area contributed by atoms with Gasteiger partial charge in [0.1, 0.15) is 5.54 Å². The molecule has 1 heterocycles. The lowest BCUT2D eigenvalue weighted by Gasteiger charge is -2.23. The molecule has 1 unspecified atom stereocenters. The van der Waals surface area contributed by atoms with Gasteiger partial charge < -0.3 is 11.1 Å². The molecule has 4 N–H and O–H groups in total. The number of anilines is 1. The predicted molar refractivity (Wildman–Crippen MR) is 65.2 cm³/mol. The van der Waals surface area contributed by atoms with E-state index in [-0.39, 0.29) is 5.91 Å². The lowest BCUT2D eigenvalue weighted by molar-refractivity contribution is -0.120. The van der Waals surface area contributed by atoms with Crippen molar-refractivity contribution in [2.24, 2.45) is 5.73 Å². The summed E-state index contributed by atoms with van der Waals surface area (Å²) in [5.41, 5.74) is 6.35. The topological polar surface area (TPSA) is 83.8 Å². The zero-order valence-electron chi connectivity index (χ0n) is 9.47. The molecular weight excluding hydrogens is 216 g/mol. The second-order valence-corrected chi connectivity index (χ2v) is 4.01. The van der Waals surface area contributed by atoms with Gasteiger partial charge in [0.15, 0.2) is 0 Å². The molecule has 0 bridgehead atoms. The predicted octanol–water partition coefficient (Wildman–Crippen LogP) is 1.22. The smallest absolute Gasteiger partial charge is 0.248 e. The summed E-state index contributed by atoms with van der Waals surface area (Å²) in [6.45, 7) is 1.68. The molecule has 0 saturated heterocycles. The molecule has 5 heteroatoms. The zero-order chi connectivity index (χ0) is 12.3. The normalized spacial score (nSPS) is 14.0. The van der Waals surface area contributed by atoms with Crippen LogP contribution >= 0.6 is 0 Å². The highest BCUT2D eigenvalue weighted by Gasteiger charge is 2.30. The first kappa shape index (κ1) is 11.3. The molecule has 1 amide bonds. The molecule has 0 aliphatic heterocycles. The van der Waals surface area contributed by atoms with E-state index in [1.165, 1.54) is 6.20 Å². The van der Waals surface area contributed by atoms with Gasteiger partial charge in [0, 0.05) is 6.20 Å². The molecule has 2 rings (SSSR count). The van der Waals surface area contributed by atoms with Crippen molar-refractivity contribution >= 4 is 11.6 Å². The minimum Gasteiger partial charge on any atom is -0.322 e. The number of hydrogen-bond acceptors (Lipinski definition) is 3. The Morgan fingerprint density at radius 1 is 1.41 bits per heavy atom. The van der Waals surface area contributed by atoms with Crippen LogP contribution < -0.4 is 11.1 Å². The van der Waals surface area contributed by atoms with Gasteiger partial charge >= 0.3 is 0 Å². The van der Waals surface area contributed by atoms with Crippen LogP contribution in [0.2, 0.25) is 0 Å². The molecule has 0 saturated carbocycles. The molecule has 1 aromatic heterocycles. The second kappa shape index (κ2) is 4.39. The molecular formula is C12H14N4O. The third-order valence-electron chi connectivity index (χ3n) is 2.60. The van der Waals surface area contributed by atoms with Gasteiger partial charge in [0.05, 0.1) is 11.9 Å². The highest BCUT2D eigenvalue weighted by molar-refractivity contribution is 5.98. The van der Waals surface area contributed by atoms with E-state index in [4.69, 9.17) is 5.73 Å². The van der Waals surface area contributed by atoms with Crippen LogP contribution in [-0.4, -0.2) is 16.1 Å². The van der Waals surface area contributed by atoms with Crippen LogP contribution in [-0.2, 0) is 10.3 Å². The zero-order valence-corrected chi connectivity index (χ0v) is 9.47. The van der Waals surface area contributed by atoms with Crippen LogP contribution in [0.5, 0.6) is 0 Å². The standard InChI is InChI=1S/C12H14N4O/c1-12(13,9-5-3-2-4-6-9)11(17)16-10-7-14-15-8-10/h2-8H,13H2,1H3,(H,14,15)(H,16,17). The van der Waals surface area contributed by atoms with E-state index >= 15 is 0 Å². The largest absolute Gasteiger partial charge is 0.322 e. The molecule has 17 heavy (non-hydrogen) atoms.